The molecule has 5 heteroatoms. The van der Waals surface area contributed by atoms with Crippen LogP contribution in [0.4, 0.5) is 0 Å². The number of nitrogens with two attached hydrogens (primary N) is 1. The van der Waals surface area contributed by atoms with Crippen LogP contribution in [-0.4, -0.2) is 31.5 Å². The van der Waals surface area contributed by atoms with Crippen LogP contribution in [0.2, 0.25) is 0 Å². The Labute approximate surface area is 104 Å². The first-order valence-corrected chi connectivity index (χ1v) is 6.05. The molecule has 0 saturated heterocycles. The minimum absolute atomic E-state index is 0.0389. The van der Waals surface area contributed by atoms with E-state index in [1.54, 1.807) is 0 Å². The second-order valence-corrected chi connectivity index (χ2v) is 5.55. The van der Waals surface area contributed by atoms with Crippen molar-refractivity contribution < 1.29 is 4.79 Å². The topological polar surface area (TPSA) is 79.5 Å². The van der Waals surface area contributed by atoms with Crippen molar-refractivity contribution in [3.63, 3.8) is 0 Å². The van der Waals surface area contributed by atoms with Gasteiger partial charge in [-0.3, -0.25) is 9.79 Å². The lowest BCUT2D eigenvalue weighted by molar-refractivity contribution is -0.128. The number of hydrogen-bond donors (Lipinski definition) is 3. The van der Waals surface area contributed by atoms with Crippen LogP contribution in [0.25, 0.3) is 0 Å². The molecule has 0 rings (SSSR count). The van der Waals surface area contributed by atoms with E-state index in [-0.39, 0.29) is 11.3 Å². The quantitative estimate of drug-likeness (QED) is 0.377. The van der Waals surface area contributed by atoms with Crippen LogP contribution in [0, 0.1) is 11.3 Å². The first-order valence-electron chi connectivity index (χ1n) is 6.05. The molecule has 0 aromatic heterocycles. The van der Waals surface area contributed by atoms with Gasteiger partial charge >= 0.3 is 0 Å². The van der Waals surface area contributed by atoms with E-state index in [0.717, 1.165) is 0 Å². The average molecular weight is 242 g/mol. The molecule has 0 bridgehead atoms. The zero-order chi connectivity index (χ0) is 13.5. The molecule has 0 aliphatic carbocycles. The summed E-state index contributed by atoms with van der Waals surface area (Å²) in [5.41, 5.74) is 5.30. The monoisotopic (exact) mass is 242 g/mol. The Kier molecular flexibility index (Phi) is 6.61. The fraction of sp³-hybridized carbons (Fsp3) is 0.833. The number of carbonyl (C=O) groups excluding carboxylic acids is 1. The van der Waals surface area contributed by atoms with Gasteiger partial charge in [-0.1, -0.05) is 34.6 Å². The third-order valence-corrected chi connectivity index (χ3v) is 2.02. The molecule has 0 heterocycles. The molecule has 0 aromatic rings. The van der Waals surface area contributed by atoms with E-state index >= 15 is 0 Å². The SMILES string of the molecule is CC(C)CN=C(N)NCCNC(=O)C(C)(C)C. The zero-order valence-electron chi connectivity index (χ0n) is 11.6. The van der Waals surface area contributed by atoms with Crippen molar-refractivity contribution in [2.75, 3.05) is 19.6 Å². The van der Waals surface area contributed by atoms with Crippen molar-refractivity contribution in [2.45, 2.75) is 34.6 Å². The van der Waals surface area contributed by atoms with E-state index in [4.69, 9.17) is 5.73 Å². The molecular formula is C12H26N4O. The summed E-state index contributed by atoms with van der Waals surface area (Å²) in [4.78, 5) is 15.7. The maximum Gasteiger partial charge on any atom is 0.225 e. The molecule has 100 valence electrons. The van der Waals surface area contributed by atoms with E-state index in [2.05, 4.69) is 29.5 Å². The molecule has 0 aliphatic rings. The van der Waals surface area contributed by atoms with E-state index in [9.17, 15) is 4.79 Å². The Balaban J connectivity index is 3.72. The predicted molar refractivity (Wildman–Crippen MR) is 71.8 cm³/mol. The first-order chi connectivity index (χ1) is 7.73. The number of rotatable bonds is 5. The first kappa shape index (κ1) is 15.7. The van der Waals surface area contributed by atoms with Gasteiger partial charge in [-0.15, -0.1) is 0 Å². The Morgan fingerprint density at radius 2 is 1.76 bits per heavy atom. The fourth-order valence-corrected chi connectivity index (χ4v) is 0.969. The van der Waals surface area contributed by atoms with Crippen LogP contribution in [-0.2, 0) is 4.79 Å². The van der Waals surface area contributed by atoms with Gasteiger partial charge in [-0.05, 0) is 5.92 Å². The van der Waals surface area contributed by atoms with Crippen molar-refractivity contribution in [1.82, 2.24) is 10.6 Å². The van der Waals surface area contributed by atoms with Gasteiger partial charge in [0, 0.05) is 25.0 Å². The highest BCUT2D eigenvalue weighted by atomic mass is 16.2. The highest BCUT2D eigenvalue weighted by molar-refractivity contribution is 5.81. The molecule has 1 amide bonds. The lowest BCUT2D eigenvalue weighted by atomic mass is 9.96. The summed E-state index contributed by atoms with van der Waals surface area (Å²) in [5.74, 6) is 0.969. The lowest BCUT2D eigenvalue weighted by Crippen LogP contribution is -2.41. The molecular weight excluding hydrogens is 216 g/mol. The van der Waals surface area contributed by atoms with Gasteiger partial charge < -0.3 is 16.4 Å². The normalized spacial score (nSPS) is 12.7. The van der Waals surface area contributed by atoms with Crippen molar-refractivity contribution in [3.8, 4) is 0 Å². The number of guanidine groups is 1. The molecule has 17 heavy (non-hydrogen) atoms. The number of nitrogens with one attached hydrogen (secondary N) is 2. The van der Waals surface area contributed by atoms with Crippen LogP contribution in [0.5, 0.6) is 0 Å². The summed E-state index contributed by atoms with van der Waals surface area (Å²) in [6.07, 6.45) is 0. The van der Waals surface area contributed by atoms with Gasteiger partial charge in [0.1, 0.15) is 0 Å². The summed E-state index contributed by atoms with van der Waals surface area (Å²) in [5, 5.41) is 5.79. The highest BCUT2D eigenvalue weighted by Gasteiger charge is 2.20. The molecule has 0 fully saturated rings. The Morgan fingerprint density at radius 1 is 1.24 bits per heavy atom. The second kappa shape index (κ2) is 7.14. The van der Waals surface area contributed by atoms with Crippen molar-refractivity contribution >= 4 is 11.9 Å². The van der Waals surface area contributed by atoms with Gasteiger partial charge in [-0.25, -0.2) is 0 Å². The van der Waals surface area contributed by atoms with Gasteiger partial charge in [0.05, 0.1) is 0 Å². The van der Waals surface area contributed by atoms with Gasteiger partial charge in [-0.2, -0.15) is 0 Å². The van der Waals surface area contributed by atoms with Crippen molar-refractivity contribution in [3.05, 3.63) is 0 Å². The van der Waals surface area contributed by atoms with Gasteiger partial charge in [0.15, 0.2) is 5.96 Å². The van der Waals surface area contributed by atoms with Gasteiger partial charge in [0.25, 0.3) is 0 Å². The maximum absolute atomic E-state index is 11.5. The third-order valence-electron chi connectivity index (χ3n) is 2.02. The minimum Gasteiger partial charge on any atom is -0.370 e. The Morgan fingerprint density at radius 3 is 2.24 bits per heavy atom. The van der Waals surface area contributed by atoms with Crippen molar-refractivity contribution in [2.24, 2.45) is 22.1 Å². The van der Waals surface area contributed by atoms with Crippen molar-refractivity contribution in [1.29, 1.82) is 0 Å². The fourth-order valence-electron chi connectivity index (χ4n) is 0.969. The second-order valence-electron chi connectivity index (χ2n) is 5.55. The smallest absolute Gasteiger partial charge is 0.225 e. The molecule has 4 N–H and O–H groups in total. The van der Waals surface area contributed by atoms with Crippen LogP contribution in [0.3, 0.4) is 0 Å². The predicted octanol–water partition coefficient (Wildman–Crippen LogP) is 0.709. The third kappa shape index (κ3) is 8.54. The molecule has 0 aromatic carbocycles. The number of carbonyl (C=O) groups is 1. The highest BCUT2D eigenvalue weighted by Crippen LogP contribution is 2.11. The Hall–Kier alpha value is -1.26. The van der Waals surface area contributed by atoms with Crippen LogP contribution >= 0.6 is 0 Å². The van der Waals surface area contributed by atoms with Crippen LogP contribution in [0.15, 0.2) is 4.99 Å². The largest absolute Gasteiger partial charge is 0.370 e. The van der Waals surface area contributed by atoms with Crippen LogP contribution < -0.4 is 16.4 Å². The number of amides is 1. The van der Waals surface area contributed by atoms with E-state index in [0.29, 0.717) is 31.5 Å². The van der Waals surface area contributed by atoms with E-state index in [1.165, 1.54) is 0 Å². The summed E-state index contributed by atoms with van der Waals surface area (Å²) >= 11 is 0. The van der Waals surface area contributed by atoms with E-state index in [1.807, 2.05) is 20.8 Å². The molecule has 0 spiro atoms. The molecule has 5 nitrogen and oxygen atoms in total. The summed E-state index contributed by atoms with van der Waals surface area (Å²) in [6.45, 7) is 11.7. The summed E-state index contributed by atoms with van der Waals surface area (Å²) in [7, 11) is 0. The van der Waals surface area contributed by atoms with Crippen LogP contribution in [0.1, 0.15) is 34.6 Å². The standard InChI is InChI=1S/C12H26N4O/c1-9(2)8-16-11(13)15-7-6-14-10(17)12(3,4)5/h9H,6-8H2,1-5H3,(H,14,17)(H3,13,15,16). The van der Waals surface area contributed by atoms with E-state index < -0.39 is 0 Å². The molecule has 0 aliphatic heterocycles. The molecule has 0 radical (unpaired) electrons. The van der Waals surface area contributed by atoms with Gasteiger partial charge in [0.2, 0.25) is 5.91 Å². The molecule has 0 saturated carbocycles. The Bertz CT molecular complexity index is 266. The summed E-state index contributed by atoms with van der Waals surface area (Å²) < 4.78 is 0. The molecule has 0 atom stereocenters. The minimum atomic E-state index is -0.350. The zero-order valence-corrected chi connectivity index (χ0v) is 11.6. The average Bonchev–Trinajstić information content (AvgIpc) is 2.19. The number of hydrogen-bond acceptors (Lipinski definition) is 2. The molecule has 0 unspecified atom stereocenters. The maximum atomic E-state index is 11.5. The lowest BCUT2D eigenvalue weighted by Gasteiger charge is -2.17. The number of aliphatic imine (C=N–C) groups is 1. The summed E-state index contributed by atoms with van der Waals surface area (Å²) in [6, 6.07) is 0. The number of nitrogens with zero attached hydrogens (tertiary/aromatic N) is 1.